The van der Waals surface area contributed by atoms with Crippen LogP contribution in [0.2, 0.25) is 0 Å². The van der Waals surface area contributed by atoms with Crippen LogP contribution in [-0.4, -0.2) is 23.2 Å². The molecular formula is C10H17N3O. The first kappa shape index (κ1) is 9.65. The van der Waals surface area contributed by atoms with Crippen LogP contribution in [0.15, 0.2) is 4.52 Å². The zero-order valence-corrected chi connectivity index (χ0v) is 8.62. The zero-order valence-electron chi connectivity index (χ0n) is 8.62. The van der Waals surface area contributed by atoms with Crippen molar-refractivity contribution >= 4 is 0 Å². The first-order valence-electron chi connectivity index (χ1n) is 5.40. The molecule has 0 amide bonds. The van der Waals surface area contributed by atoms with Crippen LogP contribution in [0.5, 0.6) is 0 Å². The number of nitrogens with one attached hydrogen (secondary N) is 1. The lowest BCUT2D eigenvalue weighted by atomic mass is 9.96. The number of hydrogen-bond acceptors (Lipinski definition) is 4. The number of rotatable bonds is 3. The van der Waals surface area contributed by atoms with E-state index in [9.17, 15) is 0 Å². The summed E-state index contributed by atoms with van der Waals surface area (Å²) in [5, 5.41) is 7.28. The van der Waals surface area contributed by atoms with Gasteiger partial charge in [-0.1, -0.05) is 12.1 Å². The molecule has 4 nitrogen and oxygen atoms in total. The van der Waals surface area contributed by atoms with E-state index in [-0.39, 0.29) is 0 Å². The summed E-state index contributed by atoms with van der Waals surface area (Å²) in [5.74, 6) is 2.30. The largest absolute Gasteiger partial charge is 0.339 e. The van der Waals surface area contributed by atoms with Gasteiger partial charge in [0, 0.05) is 12.8 Å². The minimum Gasteiger partial charge on any atom is -0.339 e. The number of aromatic nitrogens is 2. The van der Waals surface area contributed by atoms with E-state index in [2.05, 4.69) is 15.5 Å². The van der Waals surface area contributed by atoms with Crippen molar-refractivity contribution in [2.24, 2.45) is 5.92 Å². The Morgan fingerprint density at radius 2 is 2.50 bits per heavy atom. The Kier molecular flexibility index (Phi) is 3.14. The molecule has 2 heterocycles. The molecule has 1 fully saturated rings. The predicted octanol–water partition coefficient (Wildman–Crippen LogP) is 1.17. The summed E-state index contributed by atoms with van der Waals surface area (Å²) in [6.45, 7) is 4.28. The highest BCUT2D eigenvalue weighted by atomic mass is 16.5. The number of piperidine rings is 1. The molecule has 78 valence electrons. The van der Waals surface area contributed by atoms with Gasteiger partial charge in [0.05, 0.1) is 0 Å². The molecule has 1 saturated heterocycles. The molecule has 0 aromatic carbocycles. The van der Waals surface area contributed by atoms with Crippen molar-refractivity contribution < 1.29 is 4.52 Å². The third-order valence-electron chi connectivity index (χ3n) is 2.69. The fourth-order valence-electron chi connectivity index (χ4n) is 1.86. The van der Waals surface area contributed by atoms with Crippen molar-refractivity contribution in [1.82, 2.24) is 15.5 Å². The lowest BCUT2D eigenvalue weighted by Gasteiger charge is -2.20. The number of aryl methyl sites for hydroxylation is 1. The summed E-state index contributed by atoms with van der Waals surface area (Å²) < 4.78 is 5.17. The smallest absolute Gasteiger partial charge is 0.226 e. The molecule has 1 atom stereocenters. The number of nitrogens with zero attached hydrogens (tertiary/aromatic N) is 2. The molecule has 14 heavy (non-hydrogen) atoms. The maximum Gasteiger partial charge on any atom is 0.226 e. The molecule has 0 saturated carbocycles. The minimum atomic E-state index is 0.675. The van der Waals surface area contributed by atoms with Crippen molar-refractivity contribution in [3.05, 3.63) is 11.7 Å². The van der Waals surface area contributed by atoms with Crippen molar-refractivity contribution in [3.63, 3.8) is 0 Å². The third kappa shape index (κ3) is 2.32. The quantitative estimate of drug-likeness (QED) is 0.786. The highest BCUT2D eigenvalue weighted by Crippen LogP contribution is 2.15. The van der Waals surface area contributed by atoms with Gasteiger partial charge in [0.25, 0.3) is 0 Å². The van der Waals surface area contributed by atoms with Crippen molar-refractivity contribution in [2.45, 2.75) is 32.6 Å². The summed E-state index contributed by atoms with van der Waals surface area (Å²) in [5.41, 5.74) is 0. The molecule has 1 N–H and O–H groups in total. The SMILES string of the molecule is CCc1noc(CC2CCCNC2)n1. The van der Waals surface area contributed by atoms with Gasteiger partial charge in [-0.25, -0.2) is 0 Å². The van der Waals surface area contributed by atoms with Crippen LogP contribution in [0.1, 0.15) is 31.5 Å². The Morgan fingerprint density at radius 3 is 3.14 bits per heavy atom. The van der Waals surface area contributed by atoms with E-state index >= 15 is 0 Å². The van der Waals surface area contributed by atoms with Crippen LogP contribution in [0.4, 0.5) is 0 Å². The van der Waals surface area contributed by atoms with E-state index in [1.807, 2.05) is 6.92 Å². The van der Waals surface area contributed by atoms with E-state index < -0.39 is 0 Å². The molecule has 0 radical (unpaired) electrons. The molecule has 1 aliphatic heterocycles. The third-order valence-corrected chi connectivity index (χ3v) is 2.69. The lowest BCUT2D eigenvalue weighted by Crippen LogP contribution is -2.30. The molecular weight excluding hydrogens is 178 g/mol. The molecule has 0 bridgehead atoms. The maximum atomic E-state index is 5.17. The van der Waals surface area contributed by atoms with Gasteiger partial charge in [0.2, 0.25) is 5.89 Å². The van der Waals surface area contributed by atoms with E-state index in [1.165, 1.54) is 12.8 Å². The Bertz CT molecular complexity index is 279. The van der Waals surface area contributed by atoms with Crippen LogP contribution in [0, 0.1) is 5.92 Å². The van der Waals surface area contributed by atoms with Crippen molar-refractivity contribution in [1.29, 1.82) is 0 Å². The average molecular weight is 195 g/mol. The first-order valence-corrected chi connectivity index (χ1v) is 5.40. The van der Waals surface area contributed by atoms with Gasteiger partial charge in [0.1, 0.15) is 0 Å². The predicted molar refractivity (Wildman–Crippen MR) is 53.0 cm³/mol. The second kappa shape index (κ2) is 4.55. The summed E-state index contributed by atoms with van der Waals surface area (Å²) in [4.78, 5) is 4.32. The Morgan fingerprint density at radius 1 is 1.57 bits per heavy atom. The van der Waals surface area contributed by atoms with Crippen LogP contribution >= 0.6 is 0 Å². The van der Waals surface area contributed by atoms with Crippen LogP contribution in [0.25, 0.3) is 0 Å². The molecule has 1 aromatic heterocycles. The van der Waals surface area contributed by atoms with Gasteiger partial charge in [-0.05, 0) is 31.8 Å². The van der Waals surface area contributed by atoms with Gasteiger partial charge in [0.15, 0.2) is 5.82 Å². The van der Waals surface area contributed by atoms with Crippen LogP contribution < -0.4 is 5.32 Å². The summed E-state index contributed by atoms with van der Waals surface area (Å²) in [6.07, 6.45) is 4.32. The number of hydrogen-bond donors (Lipinski definition) is 1. The summed E-state index contributed by atoms with van der Waals surface area (Å²) >= 11 is 0. The van der Waals surface area contributed by atoms with Gasteiger partial charge in [-0.3, -0.25) is 0 Å². The fraction of sp³-hybridized carbons (Fsp3) is 0.800. The molecule has 4 heteroatoms. The normalized spacial score (nSPS) is 22.5. The second-order valence-corrected chi connectivity index (χ2v) is 3.87. The highest BCUT2D eigenvalue weighted by molar-refractivity contribution is 4.88. The lowest BCUT2D eigenvalue weighted by molar-refractivity contribution is 0.314. The van der Waals surface area contributed by atoms with Crippen LogP contribution in [-0.2, 0) is 12.8 Å². The Labute approximate surface area is 84.1 Å². The highest BCUT2D eigenvalue weighted by Gasteiger charge is 2.16. The van der Waals surface area contributed by atoms with E-state index in [0.29, 0.717) is 5.92 Å². The maximum absolute atomic E-state index is 5.17. The monoisotopic (exact) mass is 195 g/mol. The second-order valence-electron chi connectivity index (χ2n) is 3.87. The minimum absolute atomic E-state index is 0.675. The topological polar surface area (TPSA) is 51.0 Å². The Hall–Kier alpha value is -0.900. The zero-order chi connectivity index (χ0) is 9.80. The molecule has 0 spiro atoms. The Balaban J connectivity index is 1.89. The van der Waals surface area contributed by atoms with Gasteiger partial charge >= 0.3 is 0 Å². The molecule has 1 aromatic rings. The summed E-state index contributed by atoms with van der Waals surface area (Å²) in [7, 11) is 0. The summed E-state index contributed by atoms with van der Waals surface area (Å²) in [6, 6.07) is 0. The van der Waals surface area contributed by atoms with Gasteiger partial charge in [-0.15, -0.1) is 0 Å². The fourth-order valence-corrected chi connectivity index (χ4v) is 1.86. The van der Waals surface area contributed by atoms with Crippen molar-refractivity contribution in [3.8, 4) is 0 Å². The van der Waals surface area contributed by atoms with E-state index in [0.717, 1.165) is 37.6 Å². The first-order chi connectivity index (χ1) is 6.88. The molecule has 0 aliphatic carbocycles. The van der Waals surface area contributed by atoms with E-state index in [4.69, 9.17) is 4.52 Å². The van der Waals surface area contributed by atoms with Gasteiger partial charge in [-0.2, -0.15) is 4.98 Å². The van der Waals surface area contributed by atoms with Crippen LogP contribution in [0.3, 0.4) is 0 Å². The molecule has 1 unspecified atom stereocenters. The van der Waals surface area contributed by atoms with Gasteiger partial charge < -0.3 is 9.84 Å². The average Bonchev–Trinajstić information content (AvgIpc) is 2.67. The molecule has 2 rings (SSSR count). The molecule has 1 aliphatic rings. The standard InChI is InChI=1S/C10H17N3O/c1-2-9-12-10(14-13-9)6-8-4-3-5-11-7-8/h8,11H,2-7H2,1H3. The van der Waals surface area contributed by atoms with Crippen molar-refractivity contribution in [2.75, 3.05) is 13.1 Å². The van der Waals surface area contributed by atoms with E-state index in [1.54, 1.807) is 0 Å².